The summed E-state index contributed by atoms with van der Waals surface area (Å²) in [5.41, 5.74) is 6.58. The van der Waals surface area contributed by atoms with Crippen LogP contribution in [0.15, 0.2) is 54.6 Å². The molecule has 2 aromatic rings. The molecule has 0 saturated carbocycles. The molecule has 0 aromatic heterocycles. The summed E-state index contributed by atoms with van der Waals surface area (Å²) < 4.78 is 0. The van der Waals surface area contributed by atoms with Gasteiger partial charge in [0.15, 0.2) is 0 Å². The number of amides is 6. The van der Waals surface area contributed by atoms with Crippen LogP contribution in [0.25, 0.3) is 0 Å². The lowest BCUT2D eigenvalue weighted by Crippen LogP contribution is -2.62. The monoisotopic (exact) mass is 827 g/mol. The van der Waals surface area contributed by atoms with Gasteiger partial charge in [-0.15, -0.1) is 0 Å². The van der Waals surface area contributed by atoms with Crippen molar-refractivity contribution in [1.29, 1.82) is 0 Å². The molecule has 20 nitrogen and oxygen atoms in total. The summed E-state index contributed by atoms with van der Waals surface area (Å²) in [6, 6.07) is 4.06. The minimum absolute atomic E-state index is 0.0867. The molecule has 2 aromatic carbocycles. The fraction of sp³-hybridized carbons (Fsp3) is 0.462. The predicted molar refractivity (Wildman–Crippen MR) is 209 cm³/mol. The highest BCUT2D eigenvalue weighted by molar-refractivity contribution is 5.97. The zero-order valence-electron chi connectivity index (χ0n) is 33.0. The van der Waals surface area contributed by atoms with E-state index in [4.69, 9.17) is 10.8 Å². The molecule has 8 atom stereocenters. The third kappa shape index (κ3) is 16.9. The molecule has 322 valence electrons. The Bertz CT molecular complexity index is 1790. The van der Waals surface area contributed by atoms with Gasteiger partial charge in [0.25, 0.3) is 0 Å². The van der Waals surface area contributed by atoms with Crippen LogP contribution in [0.1, 0.15) is 58.1 Å². The highest BCUT2D eigenvalue weighted by Crippen LogP contribution is 2.14. The second-order valence-electron chi connectivity index (χ2n) is 14.3. The summed E-state index contributed by atoms with van der Waals surface area (Å²) >= 11 is 0. The van der Waals surface area contributed by atoms with Gasteiger partial charge in [-0.25, -0.2) is 0 Å². The van der Waals surface area contributed by atoms with Crippen LogP contribution in [0.2, 0.25) is 0 Å². The number of aliphatic carboxylic acids is 2. The van der Waals surface area contributed by atoms with E-state index in [-0.39, 0.29) is 24.9 Å². The first kappa shape index (κ1) is 48.7. The maximum atomic E-state index is 14.2. The molecule has 2 rings (SSSR count). The Hall–Kier alpha value is -6.41. The van der Waals surface area contributed by atoms with Crippen molar-refractivity contribution in [3.05, 3.63) is 65.7 Å². The van der Waals surface area contributed by atoms with Crippen LogP contribution in [0.5, 0.6) is 5.75 Å². The Morgan fingerprint density at radius 1 is 0.610 bits per heavy atom. The minimum Gasteiger partial charge on any atom is -0.508 e. The number of phenols is 1. The van der Waals surface area contributed by atoms with Gasteiger partial charge in [-0.3, -0.25) is 38.4 Å². The van der Waals surface area contributed by atoms with Crippen molar-refractivity contribution >= 4 is 53.7 Å². The number of carboxylic acid groups (broad SMARTS) is 2. The summed E-state index contributed by atoms with van der Waals surface area (Å²) in [6.45, 7) is 5.66. The van der Waals surface area contributed by atoms with E-state index in [0.29, 0.717) is 11.1 Å². The molecule has 0 saturated heterocycles. The van der Waals surface area contributed by atoms with Crippen molar-refractivity contribution in [2.24, 2.45) is 11.7 Å². The Labute approximate surface area is 340 Å². The number of carbonyl (C=O) groups excluding carboxylic acids is 7. The molecule has 20 heteroatoms. The molecule has 0 bridgehead atoms. The van der Waals surface area contributed by atoms with Crippen molar-refractivity contribution < 1.29 is 63.6 Å². The minimum atomic E-state index is -1.74. The largest absolute Gasteiger partial charge is 0.508 e. The number of benzene rings is 2. The molecular formula is C39H53N7O13. The van der Waals surface area contributed by atoms with E-state index in [1.54, 1.807) is 44.2 Å². The summed E-state index contributed by atoms with van der Waals surface area (Å²) in [5.74, 6) is -8.88. The number of hydrogen-bond acceptors (Lipinski definition) is 12. The van der Waals surface area contributed by atoms with E-state index in [1.165, 1.54) is 38.1 Å². The summed E-state index contributed by atoms with van der Waals surface area (Å²) in [5, 5.41) is 53.2. The lowest BCUT2D eigenvalue weighted by molar-refractivity contribution is -0.139. The Kier molecular flexibility index (Phi) is 19.6. The van der Waals surface area contributed by atoms with Gasteiger partial charge in [0, 0.05) is 19.3 Å². The Morgan fingerprint density at radius 3 is 1.58 bits per heavy atom. The van der Waals surface area contributed by atoms with E-state index < -0.39 is 121 Å². The number of nitrogens with two attached hydrogens (primary N) is 1. The van der Waals surface area contributed by atoms with Gasteiger partial charge in [0.05, 0.1) is 24.6 Å². The van der Waals surface area contributed by atoms with Gasteiger partial charge in [-0.1, -0.05) is 56.3 Å². The first-order valence-corrected chi connectivity index (χ1v) is 18.7. The number of aldehydes is 1. The fourth-order valence-corrected chi connectivity index (χ4v) is 5.55. The number of phenolic OH excluding ortho intramolecular Hbond substituents is 1. The third-order valence-corrected chi connectivity index (χ3v) is 8.81. The molecule has 0 spiro atoms. The molecule has 6 amide bonds. The molecule has 0 unspecified atom stereocenters. The van der Waals surface area contributed by atoms with Crippen molar-refractivity contribution in [2.45, 2.75) is 108 Å². The van der Waals surface area contributed by atoms with Crippen LogP contribution < -0.4 is 37.6 Å². The molecule has 59 heavy (non-hydrogen) atoms. The molecule has 12 N–H and O–H groups in total. The molecular weight excluding hydrogens is 774 g/mol. The van der Waals surface area contributed by atoms with Crippen molar-refractivity contribution in [1.82, 2.24) is 31.9 Å². The Morgan fingerprint density at radius 2 is 1.08 bits per heavy atom. The SMILES string of the molecule is CC(C)[C@H](NC(=O)[C@H](Cc1ccc(O)cc1)NC(=O)[C@H](Cc1ccccc1)NC(=O)[C@@H](NC(=O)[C@H](CCC(=O)O)NC(=O)[C@H](C)N)[C@@H](C)O)C(=O)N[C@H](C=O)CC(=O)O. The second kappa shape index (κ2) is 23.7. The zero-order valence-corrected chi connectivity index (χ0v) is 33.0. The third-order valence-electron chi connectivity index (χ3n) is 8.81. The highest BCUT2D eigenvalue weighted by atomic mass is 16.4. The fourth-order valence-electron chi connectivity index (χ4n) is 5.55. The zero-order chi connectivity index (χ0) is 44.4. The van der Waals surface area contributed by atoms with E-state index in [0.717, 1.165) is 0 Å². The van der Waals surface area contributed by atoms with Crippen LogP contribution in [0.4, 0.5) is 0 Å². The molecule has 0 aliphatic heterocycles. The number of carbonyl (C=O) groups is 9. The average Bonchev–Trinajstić information content (AvgIpc) is 3.16. The van der Waals surface area contributed by atoms with Crippen LogP contribution in [-0.2, 0) is 56.0 Å². The van der Waals surface area contributed by atoms with Gasteiger partial charge in [-0.05, 0) is 49.4 Å². The van der Waals surface area contributed by atoms with E-state index in [1.807, 2.05) is 0 Å². The normalized spacial score (nSPS) is 15.0. The van der Waals surface area contributed by atoms with Crippen LogP contribution >= 0.6 is 0 Å². The van der Waals surface area contributed by atoms with Crippen LogP contribution in [0.3, 0.4) is 0 Å². The van der Waals surface area contributed by atoms with E-state index >= 15 is 0 Å². The van der Waals surface area contributed by atoms with Crippen molar-refractivity contribution in [2.75, 3.05) is 0 Å². The Balaban J connectivity index is 2.47. The maximum Gasteiger partial charge on any atom is 0.305 e. The standard InChI is InChI=1S/C39H53N7O13/c1-20(2)32(38(58)41-25(19-47)18-31(52)53)45-37(57)29(17-24-10-12-26(49)13-11-24)43-36(56)28(16-23-8-6-5-7-9-23)44-39(59)33(22(4)48)46-35(55)27(14-15-30(50)51)42-34(54)21(3)40/h5-13,19-22,25,27-29,32-33,48-49H,14-18,40H2,1-4H3,(H,41,58)(H,42,54)(H,43,56)(H,44,59)(H,45,57)(H,46,55)(H,50,51)(H,52,53)/t21-,22+,25-,27-,28-,29-,32-,33-/m0/s1. The maximum absolute atomic E-state index is 14.2. The first-order chi connectivity index (χ1) is 27.7. The molecule has 0 radical (unpaired) electrons. The highest BCUT2D eigenvalue weighted by Gasteiger charge is 2.35. The lowest BCUT2D eigenvalue weighted by atomic mass is 9.99. The van der Waals surface area contributed by atoms with Crippen LogP contribution in [0, 0.1) is 5.92 Å². The summed E-state index contributed by atoms with van der Waals surface area (Å²) in [4.78, 5) is 115. The number of aromatic hydroxyl groups is 1. The second-order valence-corrected chi connectivity index (χ2v) is 14.3. The molecule has 0 heterocycles. The van der Waals surface area contributed by atoms with Gasteiger partial charge in [0.2, 0.25) is 35.4 Å². The van der Waals surface area contributed by atoms with Crippen molar-refractivity contribution in [3.8, 4) is 5.75 Å². The van der Waals surface area contributed by atoms with Gasteiger partial charge < -0.3 is 62.9 Å². The summed E-state index contributed by atoms with van der Waals surface area (Å²) in [6.07, 6.45) is -3.38. The number of aliphatic hydroxyl groups excluding tert-OH is 1. The van der Waals surface area contributed by atoms with Crippen LogP contribution in [-0.4, -0.2) is 122 Å². The van der Waals surface area contributed by atoms with E-state index in [9.17, 15) is 58.5 Å². The first-order valence-electron chi connectivity index (χ1n) is 18.7. The number of aliphatic hydroxyl groups is 1. The number of carboxylic acids is 2. The molecule has 0 aliphatic carbocycles. The number of hydrogen-bond donors (Lipinski definition) is 11. The number of rotatable bonds is 24. The lowest BCUT2D eigenvalue weighted by Gasteiger charge is -2.29. The number of nitrogens with one attached hydrogen (secondary N) is 6. The molecule has 0 fully saturated rings. The quantitative estimate of drug-likeness (QED) is 0.0511. The predicted octanol–water partition coefficient (Wildman–Crippen LogP) is -1.99. The van der Waals surface area contributed by atoms with Gasteiger partial charge in [-0.2, -0.15) is 0 Å². The molecule has 0 aliphatic rings. The van der Waals surface area contributed by atoms with Crippen molar-refractivity contribution in [3.63, 3.8) is 0 Å². The van der Waals surface area contributed by atoms with E-state index in [2.05, 4.69) is 31.9 Å². The van der Waals surface area contributed by atoms with Gasteiger partial charge in [0.1, 0.15) is 42.2 Å². The average molecular weight is 828 g/mol. The smallest absolute Gasteiger partial charge is 0.305 e. The summed E-state index contributed by atoms with van der Waals surface area (Å²) in [7, 11) is 0. The topological polar surface area (TPSA) is 333 Å². The van der Waals surface area contributed by atoms with Gasteiger partial charge >= 0.3 is 11.9 Å².